The average molecular weight is 365 g/mol. The summed E-state index contributed by atoms with van der Waals surface area (Å²) in [6, 6.07) is 1.73. The van der Waals surface area contributed by atoms with Gasteiger partial charge in [0.1, 0.15) is 5.60 Å². The van der Waals surface area contributed by atoms with Crippen molar-refractivity contribution < 1.29 is 9.53 Å². The molecule has 1 N–H and O–H groups in total. The number of amides is 1. The lowest BCUT2D eigenvalue weighted by Crippen LogP contribution is -2.41. The SMILES string of the molecule is CCNc1cc(Cl)nnc1C#CC1CCN(C(=O)OC(C)(C)C)CC1. The molecule has 6 nitrogen and oxygen atoms in total. The van der Waals surface area contributed by atoms with E-state index in [0.29, 0.717) is 23.9 Å². The fourth-order valence-electron chi connectivity index (χ4n) is 2.49. The molecule has 1 fully saturated rings. The molecule has 1 amide bonds. The van der Waals surface area contributed by atoms with Crippen LogP contribution in [-0.2, 0) is 4.74 Å². The summed E-state index contributed by atoms with van der Waals surface area (Å²) in [6.45, 7) is 9.68. The van der Waals surface area contributed by atoms with Crippen LogP contribution in [0.3, 0.4) is 0 Å². The predicted molar refractivity (Wildman–Crippen MR) is 98.6 cm³/mol. The van der Waals surface area contributed by atoms with E-state index in [9.17, 15) is 4.79 Å². The minimum Gasteiger partial charge on any atom is -0.444 e. The highest BCUT2D eigenvalue weighted by atomic mass is 35.5. The van der Waals surface area contributed by atoms with E-state index in [1.807, 2.05) is 27.7 Å². The number of piperidine rings is 1. The highest BCUT2D eigenvalue weighted by Crippen LogP contribution is 2.20. The molecule has 2 rings (SSSR count). The van der Waals surface area contributed by atoms with Crippen LogP contribution in [0.5, 0.6) is 0 Å². The minimum absolute atomic E-state index is 0.227. The van der Waals surface area contributed by atoms with Crippen LogP contribution in [-0.4, -0.2) is 46.4 Å². The first kappa shape index (κ1) is 19.3. The number of halogens is 1. The van der Waals surface area contributed by atoms with E-state index in [2.05, 4.69) is 27.4 Å². The van der Waals surface area contributed by atoms with Crippen molar-refractivity contribution in [3.63, 3.8) is 0 Å². The maximum absolute atomic E-state index is 12.1. The number of carbonyl (C=O) groups excluding carboxylic acids is 1. The van der Waals surface area contributed by atoms with Crippen molar-refractivity contribution in [1.82, 2.24) is 15.1 Å². The molecule has 0 radical (unpaired) electrons. The zero-order valence-corrected chi connectivity index (χ0v) is 16.0. The lowest BCUT2D eigenvalue weighted by molar-refractivity contribution is 0.0199. The van der Waals surface area contributed by atoms with Gasteiger partial charge in [-0.2, -0.15) is 0 Å². The van der Waals surface area contributed by atoms with Crippen LogP contribution in [0.1, 0.15) is 46.2 Å². The number of nitrogens with one attached hydrogen (secondary N) is 1. The summed E-state index contributed by atoms with van der Waals surface area (Å²) in [5, 5.41) is 11.5. The Balaban J connectivity index is 1.95. The van der Waals surface area contributed by atoms with Gasteiger partial charge in [-0.05, 0) is 46.5 Å². The summed E-state index contributed by atoms with van der Waals surface area (Å²) < 4.78 is 5.41. The number of likely N-dealkylation sites (tertiary alicyclic amines) is 1. The topological polar surface area (TPSA) is 67.4 Å². The van der Waals surface area contributed by atoms with Crippen molar-refractivity contribution in [3.05, 3.63) is 16.9 Å². The van der Waals surface area contributed by atoms with Gasteiger partial charge in [-0.3, -0.25) is 0 Å². The highest BCUT2D eigenvalue weighted by Gasteiger charge is 2.26. The Morgan fingerprint density at radius 3 is 2.68 bits per heavy atom. The van der Waals surface area contributed by atoms with E-state index < -0.39 is 5.60 Å². The van der Waals surface area contributed by atoms with Crippen molar-refractivity contribution in [3.8, 4) is 11.8 Å². The molecular weight excluding hydrogens is 340 g/mol. The molecule has 136 valence electrons. The smallest absolute Gasteiger partial charge is 0.410 e. The molecule has 0 atom stereocenters. The minimum atomic E-state index is -0.469. The standard InChI is InChI=1S/C18H25ClN4O2/c1-5-20-15-12-16(19)22-21-14(15)7-6-13-8-10-23(11-9-13)17(24)25-18(2,3)4/h12-13H,5,8-11H2,1-4H3,(H,20,22). The molecule has 1 aliphatic rings. The van der Waals surface area contributed by atoms with Crippen molar-refractivity contribution in [1.29, 1.82) is 0 Å². The van der Waals surface area contributed by atoms with Crippen LogP contribution in [0.15, 0.2) is 6.07 Å². The number of aromatic nitrogens is 2. The first-order valence-electron chi connectivity index (χ1n) is 8.55. The summed E-state index contributed by atoms with van der Waals surface area (Å²) in [5.41, 5.74) is 0.922. The van der Waals surface area contributed by atoms with Gasteiger partial charge in [-0.25, -0.2) is 4.79 Å². The summed E-state index contributed by atoms with van der Waals surface area (Å²) in [7, 11) is 0. The normalized spacial score (nSPS) is 15.3. The van der Waals surface area contributed by atoms with Crippen LogP contribution in [0.25, 0.3) is 0 Å². The molecule has 0 aliphatic carbocycles. The second kappa shape index (κ2) is 8.39. The second-order valence-electron chi connectivity index (χ2n) is 6.97. The van der Waals surface area contributed by atoms with E-state index >= 15 is 0 Å². The van der Waals surface area contributed by atoms with Crippen LogP contribution >= 0.6 is 11.6 Å². The first-order chi connectivity index (χ1) is 11.8. The zero-order valence-electron chi connectivity index (χ0n) is 15.2. The fourth-order valence-corrected chi connectivity index (χ4v) is 2.64. The summed E-state index contributed by atoms with van der Waals surface area (Å²) in [6.07, 6.45) is 1.39. The van der Waals surface area contributed by atoms with Crippen molar-refractivity contribution >= 4 is 23.4 Å². The van der Waals surface area contributed by atoms with Crippen LogP contribution in [0, 0.1) is 17.8 Å². The summed E-state index contributed by atoms with van der Waals surface area (Å²) >= 11 is 5.88. The predicted octanol–water partition coefficient (Wildman–Crippen LogP) is 3.56. The number of nitrogens with zero attached hydrogens (tertiary/aromatic N) is 3. The molecule has 2 heterocycles. The number of carbonyl (C=O) groups is 1. The fraction of sp³-hybridized carbons (Fsp3) is 0.611. The largest absolute Gasteiger partial charge is 0.444 e. The molecule has 0 saturated carbocycles. The second-order valence-corrected chi connectivity index (χ2v) is 7.36. The molecule has 1 aromatic heterocycles. The van der Waals surface area contributed by atoms with E-state index in [1.54, 1.807) is 11.0 Å². The molecule has 7 heteroatoms. The van der Waals surface area contributed by atoms with Gasteiger partial charge in [0.2, 0.25) is 0 Å². The average Bonchev–Trinajstić information content (AvgIpc) is 2.53. The Kier molecular flexibility index (Phi) is 6.49. The van der Waals surface area contributed by atoms with E-state index in [-0.39, 0.29) is 12.0 Å². The quantitative estimate of drug-likeness (QED) is 0.812. The van der Waals surface area contributed by atoms with E-state index in [0.717, 1.165) is 25.1 Å². The molecule has 0 bridgehead atoms. The Labute approximate surface area is 154 Å². The highest BCUT2D eigenvalue weighted by molar-refractivity contribution is 6.29. The molecule has 25 heavy (non-hydrogen) atoms. The van der Waals surface area contributed by atoms with Gasteiger partial charge in [0.15, 0.2) is 10.8 Å². The van der Waals surface area contributed by atoms with E-state index in [4.69, 9.17) is 16.3 Å². The van der Waals surface area contributed by atoms with Crippen molar-refractivity contribution in [2.24, 2.45) is 5.92 Å². The Bertz CT molecular complexity index is 668. The maximum Gasteiger partial charge on any atom is 0.410 e. The van der Waals surface area contributed by atoms with Gasteiger partial charge in [-0.15, -0.1) is 10.2 Å². The van der Waals surface area contributed by atoms with E-state index in [1.165, 1.54) is 0 Å². The van der Waals surface area contributed by atoms with Gasteiger partial charge < -0.3 is 15.0 Å². The number of hydrogen-bond donors (Lipinski definition) is 1. The van der Waals surface area contributed by atoms with Crippen LogP contribution < -0.4 is 5.32 Å². The van der Waals surface area contributed by atoms with Gasteiger partial charge in [0.05, 0.1) is 5.69 Å². The van der Waals surface area contributed by atoms with Gasteiger partial charge >= 0.3 is 6.09 Å². The monoisotopic (exact) mass is 364 g/mol. The zero-order chi connectivity index (χ0) is 18.4. The summed E-state index contributed by atoms with van der Waals surface area (Å²) in [5.74, 6) is 6.57. The third-order valence-electron chi connectivity index (χ3n) is 3.67. The van der Waals surface area contributed by atoms with Crippen LogP contribution in [0.4, 0.5) is 10.5 Å². The van der Waals surface area contributed by atoms with Gasteiger partial charge in [0, 0.05) is 31.6 Å². The lowest BCUT2D eigenvalue weighted by atomic mass is 9.97. The molecule has 0 spiro atoms. The molecule has 0 unspecified atom stereocenters. The Morgan fingerprint density at radius 1 is 1.40 bits per heavy atom. The lowest BCUT2D eigenvalue weighted by Gasteiger charge is -2.31. The number of ether oxygens (including phenoxy) is 1. The maximum atomic E-state index is 12.1. The molecule has 1 saturated heterocycles. The first-order valence-corrected chi connectivity index (χ1v) is 8.93. The number of rotatable bonds is 2. The number of hydrogen-bond acceptors (Lipinski definition) is 5. The third kappa shape index (κ3) is 6.09. The van der Waals surface area contributed by atoms with Crippen molar-refractivity contribution in [2.45, 2.75) is 46.1 Å². The van der Waals surface area contributed by atoms with Gasteiger partial charge in [0.25, 0.3) is 0 Å². The van der Waals surface area contributed by atoms with Crippen LogP contribution in [0.2, 0.25) is 5.15 Å². The molecule has 0 aromatic carbocycles. The van der Waals surface area contributed by atoms with Crippen molar-refractivity contribution in [2.75, 3.05) is 25.0 Å². The van der Waals surface area contributed by atoms with Gasteiger partial charge in [-0.1, -0.05) is 17.5 Å². The Morgan fingerprint density at radius 2 is 2.08 bits per heavy atom. The molecular formula is C18H25ClN4O2. The summed E-state index contributed by atoms with van der Waals surface area (Å²) in [4.78, 5) is 13.8. The third-order valence-corrected chi connectivity index (χ3v) is 3.86. The Hall–Kier alpha value is -2.00. The molecule has 1 aromatic rings. The molecule has 1 aliphatic heterocycles. The number of anilines is 1.